The first-order valence-electron chi connectivity index (χ1n) is 14.2. The number of benzene rings is 1. The number of carbonyl (C=O) groups excluding carboxylic acids is 3. The summed E-state index contributed by atoms with van der Waals surface area (Å²) in [5.74, 6) is -2.71. The molecule has 0 spiro atoms. The van der Waals surface area contributed by atoms with Crippen LogP contribution in [0.4, 0.5) is 5.69 Å². The monoisotopic (exact) mass is 575 g/mol. The highest BCUT2D eigenvalue weighted by molar-refractivity contribution is 5.93. The van der Waals surface area contributed by atoms with Crippen molar-refractivity contribution in [2.45, 2.75) is 89.1 Å². The maximum Gasteiger partial charge on any atom is 0.303 e. The minimum Gasteiger partial charge on any atom is -0.481 e. The standard InChI is InChI=1S/C29H45N5O7/c1-3-7-23-28(39)32-22(25(35)18-31-20-11-9-19(2)10-12-20)15-17-41-16-6-4-5-8-24(29(40)34-23)33-27(38)21(30)13-14-26(36)37/h4,6,9-12,21-25,31,35H,3,5,7-8,13-18,30H2,1-2H3,(H,32,39)(H,33,38)(H,34,40)(H,36,37)/b6-4-/t21-,22-,23-,24-,25+/m0/s1. The zero-order chi connectivity index (χ0) is 30.2. The fraction of sp³-hybridized carbons (Fsp3) is 0.586. The van der Waals surface area contributed by atoms with Crippen LogP contribution in [0.3, 0.4) is 0 Å². The van der Waals surface area contributed by atoms with Crippen LogP contribution in [0.2, 0.25) is 0 Å². The molecule has 1 aliphatic rings. The summed E-state index contributed by atoms with van der Waals surface area (Å²) in [5, 5.41) is 31.3. The van der Waals surface area contributed by atoms with Crippen molar-refractivity contribution in [3.63, 3.8) is 0 Å². The molecule has 12 nitrogen and oxygen atoms in total. The third kappa shape index (κ3) is 12.7. The smallest absolute Gasteiger partial charge is 0.303 e. The lowest BCUT2D eigenvalue weighted by molar-refractivity contribution is -0.137. The molecule has 1 aromatic rings. The highest BCUT2D eigenvalue weighted by Gasteiger charge is 2.30. The Morgan fingerprint density at radius 2 is 1.85 bits per heavy atom. The SMILES string of the molecule is CCC[C@@H]1NC(=O)[C@@H](NC(=O)[C@@H](N)CCC(=O)O)CC/C=C\COCC[C@@H]([C@H](O)CNc2ccc(C)cc2)NC1=O. The lowest BCUT2D eigenvalue weighted by atomic mass is 10.0. The Morgan fingerprint density at radius 3 is 2.54 bits per heavy atom. The van der Waals surface area contributed by atoms with E-state index in [-0.39, 0.29) is 25.8 Å². The molecule has 0 radical (unpaired) electrons. The molecule has 0 saturated carbocycles. The largest absolute Gasteiger partial charge is 0.481 e. The van der Waals surface area contributed by atoms with Crippen LogP contribution in [0.25, 0.3) is 0 Å². The normalized spacial score (nSPS) is 23.1. The number of aliphatic carboxylic acids is 1. The zero-order valence-electron chi connectivity index (χ0n) is 23.9. The number of carbonyl (C=O) groups is 4. The number of amides is 3. The number of aryl methyl sites for hydroxylation is 1. The Kier molecular flexibility index (Phi) is 14.8. The van der Waals surface area contributed by atoms with E-state index >= 15 is 0 Å². The summed E-state index contributed by atoms with van der Waals surface area (Å²) < 4.78 is 5.68. The van der Waals surface area contributed by atoms with E-state index in [4.69, 9.17) is 15.6 Å². The van der Waals surface area contributed by atoms with Crippen molar-refractivity contribution in [2.75, 3.05) is 25.1 Å². The lowest BCUT2D eigenvalue weighted by Gasteiger charge is -2.28. The average Bonchev–Trinajstić information content (AvgIpc) is 2.94. The molecule has 0 aromatic heterocycles. The Labute approximate surface area is 241 Å². The van der Waals surface area contributed by atoms with Crippen molar-refractivity contribution in [2.24, 2.45) is 5.73 Å². The van der Waals surface area contributed by atoms with Gasteiger partial charge in [0.05, 0.1) is 24.8 Å². The van der Waals surface area contributed by atoms with Gasteiger partial charge in [-0.3, -0.25) is 19.2 Å². The first kappa shape index (κ1) is 33.7. The summed E-state index contributed by atoms with van der Waals surface area (Å²) in [4.78, 5) is 50.0. The van der Waals surface area contributed by atoms with E-state index in [1.807, 2.05) is 44.2 Å². The molecule has 41 heavy (non-hydrogen) atoms. The summed E-state index contributed by atoms with van der Waals surface area (Å²) in [6.45, 7) is 4.66. The van der Waals surface area contributed by atoms with Crippen molar-refractivity contribution in [3.05, 3.63) is 42.0 Å². The molecule has 0 unspecified atom stereocenters. The molecule has 3 amide bonds. The van der Waals surface area contributed by atoms with E-state index in [9.17, 15) is 24.3 Å². The number of carboxylic acids is 1. The number of anilines is 1. The summed E-state index contributed by atoms with van der Waals surface area (Å²) in [5.41, 5.74) is 7.79. The van der Waals surface area contributed by atoms with Crippen LogP contribution < -0.4 is 27.0 Å². The number of nitrogens with one attached hydrogen (secondary N) is 4. The van der Waals surface area contributed by atoms with Crippen LogP contribution in [0, 0.1) is 6.92 Å². The van der Waals surface area contributed by atoms with E-state index in [1.165, 1.54) is 0 Å². The van der Waals surface area contributed by atoms with Crippen LogP contribution in [0.5, 0.6) is 0 Å². The van der Waals surface area contributed by atoms with Crippen LogP contribution in [0.1, 0.15) is 57.4 Å². The molecule has 2 rings (SSSR count). The molecule has 0 bridgehead atoms. The molecular weight excluding hydrogens is 530 g/mol. The number of hydrogen-bond donors (Lipinski definition) is 7. The summed E-state index contributed by atoms with van der Waals surface area (Å²) >= 11 is 0. The second-order valence-electron chi connectivity index (χ2n) is 10.3. The van der Waals surface area contributed by atoms with Gasteiger partial charge < -0.3 is 42.0 Å². The van der Waals surface area contributed by atoms with Crippen LogP contribution in [-0.2, 0) is 23.9 Å². The predicted octanol–water partition coefficient (Wildman–Crippen LogP) is 0.971. The van der Waals surface area contributed by atoms with E-state index in [2.05, 4.69) is 21.3 Å². The highest BCUT2D eigenvalue weighted by atomic mass is 16.5. The molecule has 1 aromatic carbocycles. The van der Waals surface area contributed by atoms with Gasteiger partial charge in [-0.2, -0.15) is 0 Å². The first-order valence-corrected chi connectivity index (χ1v) is 14.2. The van der Waals surface area contributed by atoms with Crippen LogP contribution >= 0.6 is 0 Å². The van der Waals surface area contributed by atoms with E-state index in [0.717, 1.165) is 11.3 Å². The van der Waals surface area contributed by atoms with Crippen molar-refractivity contribution in [3.8, 4) is 0 Å². The van der Waals surface area contributed by atoms with Gasteiger partial charge in [0.2, 0.25) is 17.7 Å². The second kappa shape index (κ2) is 18.1. The van der Waals surface area contributed by atoms with Crippen LogP contribution in [-0.4, -0.2) is 83.9 Å². The van der Waals surface area contributed by atoms with Gasteiger partial charge in [-0.05, 0) is 51.2 Å². The van der Waals surface area contributed by atoms with Gasteiger partial charge in [-0.1, -0.05) is 43.2 Å². The molecule has 1 heterocycles. The number of ether oxygens (including phenoxy) is 1. The number of hydrogen-bond acceptors (Lipinski definition) is 8. The number of rotatable bonds is 11. The second-order valence-corrected chi connectivity index (χ2v) is 10.3. The summed E-state index contributed by atoms with van der Waals surface area (Å²) in [6, 6.07) is 4.12. The fourth-order valence-corrected chi connectivity index (χ4v) is 4.28. The average molecular weight is 576 g/mol. The van der Waals surface area contributed by atoms with E-state index in [0.29, 0.717) is 38.9 Å². The van der Waals surface area contributed by atoms with Crippen molar-refractivity contribution < 1.29 is 34.1 Å². The van der Waals surface area contributed by atoms with Gasteiger partial charge >= 0.3 is 5.97 Å². The Balaban J connectivity index is 2.14. The van der Waals surface area contributed by atoms with Crippen LogP contribution in [0.15, 0.2) is 36.4 Å². The zero-order valence-corrected chi connectivity index (χ0v) is 23.9. The molecule has 8 N–H and O–H groups in total. The van der Waals surface area contributed by atoms with Gasteiger partial charge in [0, 0.05) is 25.3 Å². The summed E-state index contributed by atoms with van der Waals surface area (Å²) in [6.07, 6.45) is 4.34. The molecule has 0 fully saturated rings. The third-order valence-corrected chi connectivity index (χ3v) is 6.78. The molecule has 1 aliphatic heterocycles. The lowest BCUT2D eigenvalue weighted by Crippen LogP contribution is -2.57. The predicted molar refractivity (Wildman–Crippen MR) is 155 cm³/mol. The Hall–Kier alpha value is -3.48. The molecular formula is C29H45N5O7. The minimum absolute atomic E-state index is 0.0733. The van der Waals surface area contributed by atoms with E-state index < -0.39 is 54.0 Å². The van der Waals surface area contributed by atoms with Gasteiger partial charge in [-0.15, -0.1) is 0 Å². The van der Waals surface area contributed by atoms with Gasteiger partial charge in [0.25, 0.3) is 0 Å². The van der Waals surface area contributed by atoms with Gasteiger partial charge in [0.1, 0.15) is 12.1 Å². The number of allylic oxidation sites excluding steroid dienone is 1. The van der Waals surface area contributed by atoms with Crippen molar-refractivity contribution in [1.29, 1.82) is 0 Å². The number of aliphatic hydroxyl groups is 1. The number of nitrogens with two attached hydrogens (primary N) is 1. The summed E-state index contributed by atoms with van der Waals surface area (Å²) in [7, 11) is 0. The molecule has 5 atom stereocenters. The minimum atomic E-state index is -1.09. The number of carboxylic acid groups (broad SMARTS) is 1. The van der Waals surface area contributed by atoms with Gasteiger partial charge in [0.15, 0.2) is 0 Å². The quantitative estimate of drug-likeness (QED) is 0.188. The van der Waals surface area contributed by atoms with E-state index in [1.54, 1.807) is 6.08 Å². The van der Waals surface area contributed by atoms with Crippen molar-refractivity contribution in [1.82, 2.24) is 16.0 Å². The number of aliphatic hydroxyl groups excluding tert-OH is 1. The van der Waals surface area contributed by atoms with Crippen molar-refractivity contribution >= 4 is 29.4 Å². The third-order valence-electron chi connectivity index (χ3n) is 6.78. The van der Waals surface area contributed by atoms with Gasteiger partial charge in [-0.25, -0.2) is 0 Å². The fourth-order valence-electron chi connectivity index (χ4n) is 4.28. The molecule has 0 aliphatic carbocycles. The molecule has 228 valence electrons. The Morgan fingerprint density at radius 1 is 1.12 bits per heavy atom. The highest BCUT2D eigenvalue weighted by Crippen LogP contribution is 2.11. The molecule has 0 saturated heterocycles. The Bertz CT molecular complexity index is 1020. The maximum absolute atomic E-state index is 13.3. The molecule has 12 heteroatoms. The first-order chi connectivity index (χ1) is 19.6. The maximum atomic E-state index is 13.3. The topological polar surface area (TPSA) is 192 Å².